The molecule has 0 radical (unpaired) electrons. The lowest BCUT2D eigenvalue weighted by molar-refractivity contribution is 0.990. The number of nitrogens with zero attached hydrogens (tertiary/aromatic N) is 3. The Morgan fingerprint density at radius 1 is 1.23 bits per heavy atom. The SMILES string of the molecule is Brc1ccnc(-n2cnc(Br)c2)c1. The van der Waals surface area contributed by atoms with E-state index in [-0.39, 0.29) is 0 Å². The quantitative estimate of drug-likeness (QED) is 0.811. The fourth-order valence-electron chi connectivity index (χ4n) is 0.959. The van der Waals surface area contributed by atoms with E-state index in [2.05, 4.69) is 41.8 Å². The van der Waals surface area contributed by atoms with Gasteiger partial charge in [-0.2, -0.15) is 0 Å². The third-order valence-corrected chi connectivity index (χ3v) is 2.43. The maximum absolute atomic E-state index is 4.20. The van der Waals surface area contributed by atoms with Crippen molar-refractivity contribution in [3.8, 4) is 5.82 Å². The minimum Gasteiger partial charge on any atom is -0.289 e. The van der Waals surface area contributed by atoms with Gasteiger partial charge in [0.25, 0.3) is 0 Å². The smallest absolute Gasteiger partial charge is 0.138 e. The first-order valence-electron chi connectivity index (χ1n) is 3.57. The van der Waals surface area contributed by atoms with Crippen LogP contribution < -0.4 is 0 Å². The Labute approximate surface area is 92.1 Å². The van der Waals surface area contributed by atoms with Crippen LogP contribution in [0.5, 0.6) is 0 Å². The van der Waals surface area contributed by atoms with Gasteiger partial charge in [-0.3, -0.25) is 4.57 Å². The normalized spacial score (nSPS) is 10.3. The van der Waals surface area contributed by atoms with Crippen molar-refractivity contribution in [2.24, 2.45) is 0 Å². The molecule has 0 fully saturated rings. The molecule has 3 nitrogen and oxygen atoms in total. The highest BCUT2D eigenvalue weighted by Crippen LogP contribution is 2.14. The summed E-state index contributed by atoms with van der Waals surface area (Å²) >= 11 is 6.66. The lowest BCUT2D eigenvalue weighted by Gasteiger charge is -1.99. The third-order valence-electron chi connectivity index (χ3n) is 1.52. The summed E-state index contributed by atoms with van der Waals surface area (Å²) in [5, 5.41) is 0. The summed E-state index contributed by atoms with van der Waals surface area (Å²) in [6.45, 7) is 0. The summed E-state index contributed by atoms with van der Waals surface area (Å²) in [6.07, 6.45) is 5.31. The summed E-state index contributed by atoms with van der Waals surface area (Å²) in [4.78, 5) is 8.24. The molecule has 66 valence electrons. The molecule has 13 heavy (non-hydrogen) atoms. The first-order valence-corrected chi connectivity index (χ1v) is 5.16. The molecule has 0 saturated heterocycles. The van der Waals surface area contributed by atoms with E-state index in [0.717, 1.165) is 14.9 Å². The largest absolute Gasteiger partial charge is 0.289 e. The predicted molar refractivity (Wildman–Crippen MR) is 56.8 cm³/mol. The van der Waals surface area contributed by atoms with E-state index in [4.69, 9.17) is 0 Å². The van der Waals surface area contributed by atoms with Crippen LogP contribution in [0.4, 0.5) is 0 Å². The number of pyridine rings is 1. The van der Waals surface area contributed by atoms with Crippen molar-refractivity contribution in [2.75, 3.05) is 0 Å². The lowest BCUT2D eigenvalue weighted by Crippen LogP contribution is -1.92. The van der Waals surface area contributed by atoms with Crippen molar-refractivity contribution in [2.45, 2.75) is 0 Å². The molecule has 2 aromatic heterocycles. The fourth-order valence-corrected chi connectivity index (χ4v) is 1.59. The Balaban J connectivity index is 2.46. The van der Waals surface area contributed by atoms with Crippen LogP contribution in [0.1, 0.15) is 0 Å². The van der Waals surface area contributed by atoms with Gasteiger partial charge in [0, 0.05) is 16.9 Å². The molecular weight excluding hydrogens is 298 g/mol. The van der Waals surface area contributed by atoms with Crippen LogP contribution in [0.2, 0.25) is 0 Å². The van der Waals surface area contributed by atoms with Crippen LogP contribution in [0, 0.1) is 0 Å². The van der Waals surface area contributed by atoms with E-state index in [1.54, 1.807) is 12.5 Å². The van der Waals surface area contributed by atoms with E-state index >= 15 is 0 Å². The minimum absolute atomic E-state index is 0.800. The Kier molecular flexibility index (Phi) is 2.46. The number of halogens is 2. The minimum atomic E-state index is 0.800. The van der Waals surface area contributed by atoms with E-state index in [1.807, 2.05) is 22.9 Å². The first-order chi connectivity index (χ1) is 6.25. The number of rotatable bonds is 1. The number of hydrogen-bond acceptors (Lipinski definition) is 2. The van der Waals surface area contributed by atoms with Crippen LogP contribution in [-0.2, 0) is 0 Å². The van der Waals surface area contributed by atoms with Gasteiger partial charge in [0.2, 0.25) is 0 Å². The number of aromatic nitrogens is 3. The van der Waals surface area contributed by atoms with Crippen LogP contribution >= 0.6 is 31.9 Å². The monoisotopic (exact) mass is 301 g/mol. The Morgan fingerprint density at radius 2 is 2.08 bits per heavy atom. The first kappa shape index (κ1) is 8.90. The molecule has 5 heteroatoms. The lowest BCUT2D eigenvalue weighted by atomic mass is 10.4. The van der Waals surface area contributed by atoms with Gasteiger partial charge in [0.05, 0.1) is 0 Å². The van der Waals surface area contributed by atoms with Gasteiger partial charge in [0.15, 0.2) is 0 Å². The van der Waals surface area contributed by atoms with E-state index in [1.165, 1.54) is 0 Å². The number of hydrogen-bond donors (Lipinski definition) is 0. The molecule has 0 spiro atoms. The predicted octanol–water partition coefficient (Wildman–Crippen LogP) is 2.79. The van der Waals surface area contributed by atoms with Crippen molar-refractivity contribution in [1.29, 1.82) is 0 Å². The summed E-state index contributed by atoms with van der Waals surface area (Å²) in [5.74, 6) is 0.840. The molecule has 0 N–H and O–H groups in total. The van der Waals surface area contributed by atoms with Gasteiger partial charge < -0.3 is 0 Å². The summed E-state index contributed by atoms with van der Waals surface area (Å²) < 4.78 is 3.64. The molecule has 0 bridgehead atoms. The molecule has 2 heterocycles. The second kappa shape index (κ2) is 3.59. The average Bonchev–Trinajstić information content (AvgIpc) is 2.52. The van der Waals surface area contributed by atoms with Gasteiger partial charge in [-0.05, 0) is 28.1 Å². The van der Waals surface area contributed by atoms with Gasteiger partial charge in [-0.25, -0.2) is 9.97 Å². The average molecular weight is 303 g/mol. The molecule has 0 saturated carbocycles. The van der Waals surface area contributed by atoms with Crippen molar-refractivity contribution < 1.29 is 0 Å². The molecular formula is C8H5Br2N3. The fraction of sp³-hybridized carbons (Fsp3) is 0. The highest BCUT2D eigenvalue weighted by Gasteiger charge is 1.99. The van der Waals surface area contributed by atoms with Crippen molar-refractivity contribution in [1.82, 2.24) is 14.5 Å². The molecule has 0 unspecified atom stereocenters. The van der Waals surface area contributed by atoms with Crippen molar-refractivity contribution in [3.63, 3.8) is 0 Å². The zero-order valence-corrected chi connectivity index (χ0v) is 9.66. The molecule has 0 amide bonds. The highest BCUT2D eigenvalue weighted by molar-refractivity contribution is 9.10. The molecule has 0 aliphatic carbocycles. The van der Waals surface area contributed by atoms with Crippen LogP contribution in [0.3, 0.4) is 0 Å². The van der Waals surface area contributed by atoms with Gasteiger partial charge >= 0.3 is 0 Å². The highest BCUT2D eigenvalue weighted by atomic mass is 79.9. The Hall–Kier alpha value is -0.680. The molecule has 0 aromatic carbocycles. The molecule has 2 aromatic rings. The van der Waals surface area contributed by atoms with Gasteiger partial charge in [0.1, 0.15) is 16.7 Å². The van der Waals surface area contributed by atoms with Crippen LogP contribution in [0.15, 0.2) is 39.9 Å². The third kappa shape index (κ3) is 1.97. The Morgan fingerprint density at radius 3 is 2.69 bits per heavy atom. The summed E-state index contributed by atoms with van der Waals surface area (Å²) in [7, 11) is 0. The molecule has 0 aliphatic heterocycles. The van der Waals surface area contributed by atoms with E-state index < -0.39 is 0 Å². The standard InChI is InChI=1S/C8H5Br2N3/c9-6-1-2-11-8(3-6)13-4-7(10)12-5-13/h1-5H. The van der Waals surface area contributed by atoms with Gasteiger partial charge in [-0.1, -0.05) is 15.9 Å². The van der Waals surface area contributed by atoms with Crippen LogP contribution in [-0.4, -0.2) is 14.5 Å². The van der Waals surface area contributed by atoms with E-state index in [0.29, 0.717) is 0 Å². The summed E-state index contributed by atoms with van der Waals surface area (Å²) in [6, 6.07) is 3.81. The topological polar surface area (TPSA) is 30.7 Å². The number of imidazole rings is 1. The zero-order valence-electron chi connectivity index (χ0n) is 6.48. The second-order valence-corrected chi connectivity index (χ2v) is 4.16. The Bertz CT molecular complexity index is 425. The van der Waals surface area contributed by atoms with Gasteiger partial charge in [-0.15, -0.1) is 0 Å². The van der Waals surface area contributed by atoms with E-state index in [9.17, 15) is 0 Å². The maximum Gasteiger partial charge on any atom is 0.138 e. The second-order valence-electron chi connectivity index (χ2n) is 2.44. The summed E-state index contributed by atoms with van der Waals surface area (Å²) in [5.41, 5.74) is 0. The molecule has 0 aliphatic rings. The van der Waals surface area contributed by atoms with Crippen LogP contribution in [0.25, 0.3) is 5.82 Å². The maximum atomic E-state index is 4.20. The molecule has 0 atom stereocenters. The van der Waals surface area contributed by atoms with Crippen molar-refractivity contribution in [3.05, 3.63) is 39.9 Å². The van der Waals surface area contributed by atoms with Crippen molar-refractivity contribution >= 4 is 31.9 Å². The zero-order chi connectivity index (χ0) is 9.26. The molecule has 2 rings (SSSR count).